The van der Waals surface area contributed by atoms with E-state index in [9.17, 15) is 4.79 Å². The van der Waals surface area contributed by atoms with Crippen LogP contribution < -0.4 is 10.6 Å². The van der Waals surface area contributed by atoms with Crippen LogP contribution in [0.5, 0.6) is 0 Å². The number of nitrogens with zero attached hydrogens (tertiary/aromatic N) is 2. The van der Waals surface area contributed by atoms with Gasteiger partial charge in [0.2, 0.25) is 0 Å². The van der Waals surface area contributed by atoms with Gasteiger partial charge in [0, 0.05) is 37.3 Å². The third-order valence-electron chi connectivity index (χ3n) is 5.63. The predicted octanol–water partition coefficient (Wildman–Crippen LogP) is 3.73. The molecule has 0 bridgehead atoms. The summed E-state index contributed by atoms with van der Waals surface area (Å²) in [6, 6.07) is 11.1. The Bertz CT molecular complexity index is 846. The van der Waals surface area contributed by atoms with Gasteiger partial charge in [-0.1, -0.05) is 12.1 Å². The summed E-state index contributed by atoms with van der Waals surface area (Å²) in [5, 5.41) is 6.25. The summed E-state index contributed by atoms with van der Waals surface area (Å²) >= 11 is 0. The minimum absolute atomic E-state index is 0. The number of anilines is 1. The number of rotatable bonds is 5. The van der Waals surface area contributed by atoms with Crippen molar-refractivity contribution in [2.75, 3.05) is 38.2 Å². The van der Waals surface area contributed by atoms with E-state index in [2.05, 4.69) is 22.5 Å². The van der Waals surface area contributed by atoms with Crippen molar-refractivity contribution >= 4 is 41.5 Å². The maximum Gasteiger partial charge on any atom is 0.291 e. The van der Waals surface area contributed by atoms with Gasteiger partial charge in [-0.15, -0.1) is 24.0 Å². The number of likely N-dealkylation sites (tertiary alicyclic amines) is 1. The van der Waals surface area contributed by atoms with Crippen molar-refractivity contribution in [3.63, 3.8) is 0 Å². The maximum atomic E-state index is 12.1. The van der Waals surface area contributed by atoms with Crippen molar-refractivity contribution < 1.29 is 13.9 Å². The molecule has 1 aromatic carbocycles. The summed E-state index contributed by atoms with van der Waals surface area (Å²) in [6.07, 6.45) is 3.80. The predicted molar refractivity (Wildman–Crippen MR) is 127 cm³/mol. The van der Waals surface area contributed by atoms with E-state index in [1.54, 1.807) is 12.1 Å². The Morgan fingerprint density at radius 2 is 2.07 bits per heavy atom. The lowest BCUT2D eigenvalue weighted by molar-refractivity contribution is 0.0996. The van der Waals surface area contributed by atoms with Crippen LogP contribution in [0, 0.1) is 5.41 Å². The molecule has 7 nitrogen and oxygen atoms in total. The number of hydrogen-bond donors (Lipinski definition) is 2. The highest BCUT2D eigenvalue weighted by Crippen LogP contribution is 2.38. The molecule has 2 fully saturated rings. The van der Waals surface area contributed by atoms with Gasteiger partial charge < -0.3 is 24.7 Å². The third-order valence-corrected chi connectivity index (χ3v) is 5.63. The molecule has 3 heterocycles. The van der Waals surface area contributed by atoms with Gasteiger partial charge in [0.15, 0.2) is 11.7 Å². The summed E-state index contributed by atoms with van der Waals surface area (Å²) in [6.45, 7) is 7.31. The van der Waals surface area contributed by atoms with Gasteiger partial charge in [-0.2, -0.15) is 0 Å². The average molecular weight is 524 g/mol. The quantitative estimate of drug-likeness (QED) is 0.354. The van der Waals surface area contributed by atoms with Crippen LogP contribution in [0.25, 0.3) is 0 Å². The number of guanidine groups is 1. The molecule has 2 N–H and O–H groups in total. The summed E-state index contributed by atoms with van der Waals surface area (Å²) in [7, 11) is 0. The van der Waals surface area contributed by atoms with Crippen molar-refractivity contribution in [2.24, 2.45) is 10.4 Å². The van der Waals surface area contributed by atoms with E-state index < -0.39 is 0 Å². The van der Waals surface area contributed by atoms with Crippen molar-refractivity contribution in [1.29, 1.82) is 0 Å². The Balaban J connectivity index is 0.00000256. The zero-order chi connectivity index (χ0) is 20.1. The lowest BCUT2D eigenvalue weighted by Crippen LogP contribution is -2.41. The summed E-state index contributed by atoms with van der Waals surface area (Å²) in [4.78, 5) is 19.2. The highest BCUT2D eigenvalue weighted by Gasteiger charge is 2.42. The molecule has 1 atom stereocenters. The number of ether oxygens (including phenoxy) is 1. The number of benzene rings is 1. The maximum absolute atomic E-state index is 12.1. The molecule has 162 valence electrons. The number of amides is 1. The van der Waals surface area contributed by atoms with E-state index in [1.807, 2.05) is 24.3 Å². The van der Waals surface area contributed by atoms with Crippen molar-refractivity contribution in [3.05, 3.63) is 54.0 Å². The normalized spacial score (nSPS) is 21.0. The summed E-state index contributed by atoms with van der Waals surface area (Å²) in [5.41, 5.74) is 2.13. The fraction of sp³-hybridized carbons (Fsp3) is 0.455. The van der Waals surface area contributed by atoms with E-state index in [-0.39, 0.29) is 29.9 Å². The number of halogens is 1. The number of hydrogen-bond acceptors (Lipinski definition) is 4. The minimum atomic E-state index is -0.256. The second-order valence-electron chi connectivity index (χ2n) is 7.77. The molecule has 1 spiro atoms. The molecule has 0 radical (unpaired) electrons. The van der Waals surface area contributed by atoms with Gasteiger partial charge in [0.1, 0.15) is 0 Å². The average Bonchev–Trinajstić information content (AvgIpc) is 3.50. The molecule has 1 unspecified atom stereocenters. The first-order valence-electron chi connectivity index (χ1n) is 10.2. The van der Waals surface area contributed by atoms with Crippen LogP contribution in [-0.4, -0.2) is 49.6 Å². The van der Waals surface area contributed by atoms with Crippen LogP contribution in [0.3, 0.4) is 0 Å². The molecule has 30 heavy (non-hydrogen) atoms. The van der Waals surface area contributed by atoms with Crippen LogP contribution in [0.1, 0.15) is 35.9 Å². The minimum Gasteiger partial charge on any atom is -0.459 e. The Morgan fingerprint density at radius 1 is 1.23 bits per heavy atom. The molecule has 2 aliphatic rings. The van der Waals surface area contributed by atoms with Crippen LogP contribution in [-0.2, 0) is 11.3 Å². The molecule has 2 aliphatic heterocycles. The van der Waals surface area contributed by atoms with Gasteiger partial charge in [0.25, 0.3) is 5.91 Å². The lowest BCUT2D eigenvalue weighted by atomic mass is 9.87. The van der Waals surface area contributed by atoms with Gasteiger partial charge in [-0.05, 0) is 49.6 Å². The van der Waals surface area contributed by atoms with Crippen LogP contribution in [0.4, 0.5) is 5.69 Å². The standard InChI is InChI=1S/C22H28N4O3.HI/c1-2-23-21(26-11-9-22(15-26)10-13-28-16-22)24-14-17-5-7-18(8-6-17)25-20(27)19-4-3-12-29-19;/h3-8,12H,2,9-11,13-16H2,1H3,(H,23,24)(H,25,27);1H. The second-order valence-corrected chi connectivity index (χ2v) is 7.77. The lowest BCUT2D eigenvalue weighted by Gasteiger charge is -2.25. The first-order valence-corrected chi connectivity index (χ1v) is 10.2. The van der Waals surface area contributed by atoms with Crippen molar-refractivity contribution in [1.82, 2.24) is 10.2 Å². The molecule has 0 aliphatic carbocycles. The van der Waals surface area contributed by atoms with E-state index in [4.69, 9.17) is 14.1 Å². The fourth-order valence-corrected chi connectivity index (χ4v) is 3.97. The van der Waals surface area contributed by atoms with E-state index in [0.29, 0.717) is 17.7 Å². The topological polar surface area (TPSA) is 79.1 Å². The molecule has 1 aromatic heterocycles. The fourth-order valence-electron chi connectivity index (χ4n) is 3.97. The van der Waals surface area contributed by atoms with Gasteiger partial charge in [-0.25, -0.2) is 4.99 Å². The molecule has 4 rings (SSSR count). The van der Waals surface area contributed by atoms with Crippen LogP contribution in [0.2, 0.25) is 0 Å². The Labute approximate surface area is 194 Å². The monoisotopic (exact) mass is 524 g/mol. The second kappa shape index (κ2) is 10.3. The Kier molecular flexibility index (Phi) is 7.76. The zero-order valence-electron chi connectivity index (χ0n) is 17.2. The first-order chi connectivity index (χ1) is 14.2. The largest absolute Gasteiger partial charge is 0.459 e. The zero-order valence-corrected chi connectivity index (χ0v) is 19.6. The highest BCUT2D eigenvalue weighted by atomic mass is 127. The Hall–Kier alpha value is -2.07. The number of carbonyl (C=O) groups excluding carboxylic acids is 1. The molecule has 2 aromatic rings. The molecule has 8 heteroatoms. The first kappa shape index (κ1) is 22.6. The molecular formula is C22H29IN4O3. The summed E-state index contributed by atoms with van der Waals surface area (Å²) < 4.78 is 10.8. The number of nitrogens with one attached hydrogen (secondary N) is 2. The molecular weight excluding hydrogens is 495 g/mol. The van der Waals surface area contributed by atoms with Crippen molar-refractivity contribution in [3.8, 4) is 0 Å². The van der Waals surface area contributed by atoms with Gasteiger partial charge in [0.05, 0.1) is 19.4 Å². The molecule has 1 amide bonds. The Morgan fingerprint density at radius 3 is 2.73 bits per heavy atom. The highest BCUT2D eigenvalue weighted by molar-refractivity contribution is 14.0. The van der Waals surface area contributed by atoms with Crippen molar-refractivity contribution in [2.45, 2.75) is 26.3 Å². The number of carbonyl (C=O) groups is 1. The van der Waals surface area contributed by atoms with E-state index >= 15 is 0 Å². The van der Waals surface area contributed by atoms with Crippen LogP contribution >= 0.6 is 24.0 Å². The molecule has 0 saturated carbocycles. The molecule has 2 saturated heterocycles. The summed E-state index contributed by atoms with van der Waals surface area (Å²) in [5.74, 6) is 1.01. The number of furan rings is 1. The third kappa shape index (κ3) is 5.34. The van der Waals surface area contributed by atoms with E-state index in [0.717, 1.165) is 56.5 Å². The van der Waals surface area contributed by atoms with Crippen LogP contribution in [0.15, 0.2) is 52.1 Å². The smallest absolute Gasteiger partial charge is 0.291 e. The van der Waals surface area contributed by atoms with E-state index in [1.165, 1.54) is 12.7 Å². The number of aliphatic imine (C=N–C) groups is 1. The van der Waals surface area contributed by atoms with Gasteiger partial charge >= 0.3 is 0 Å². The SMILES string of the molecule is CCNC(=NCc1ccc(NC(=O)c2ccco2)cc1)N1CCC2(CCOC2)C1.I. The van der Waals surface area contributed by atoms with Gasteiger partial charge in [-0.3, -0.25) is 4.79 Å².